The second-order valence-electron chi connectivity index (χ2n) is 3.18. The van der Waals surface area contributed by atoms with E-state index in [2.05, 4.69) is 15.2 Å². The fourth-order valence-electron chi connectivity index (χ4n) is 1.28. The first-order chi connectivity index (χ1) is 7.08. The van der Waals surface area contributed by atoms with Crippen molar-refractivity contribution < 1.29 is 4.79 Å². The monoisotopic (exact) mass is 203 g/mol. The Balaban J connectivity index is 2.76. The van der Waals surface area contributed by atoms with Crippen molar-refractivity contribution in [2.75, 3.05) is 5.73 Å². The summed E-state index contributed by atoms with van der Waals surface area (Å²) in [5, 5.41) is 7.74. The number of hydrogen-bond donors (Lipinski definition) is 2. The van der Waals surface area contributed by atoms with Crippen LogP contribution >= 0.6 is 0 Å². The Labute approximate surface area is 85.3 Å². The van der Waals surface area contributed by atoms with E-state index in [9.17, 15) is 4.79 Å². The van der Waals surface area contributed by atoms with Crippen LogP contribution in [-0.2, 0) is 0 Å². The van der Waals surface area contributed by atoms with Crippen LogP contribution in [0.4, 0.5) is 5.82 Å². The van der Waals surface area contributed by atoms with Crippen molar-refractivity contribution in [3.8, 4) is 0 Å². The summed E-state index contributed by atoms with van der Waals surface area (Å²) in [5.41, 5.74) is 12.7. The molecule has 6 heteroatoms. The molecule has 0 radical (unpaired) electrons. The van der Waals surface area contributed by atoms with Gasteiger partial charge in [0, 0.05) is 0 Å². The molecule has 0 unspecified atom stereocenters. The van der Waals surface area contributed by atoms with E-state index in [1.807, 2.05) is 0 Å². The summed E-state index contributed by atoms with van der Waals surface area (Å²) < 4.78 is 0. The van der Waals surface area contributed by atoms with Crippen LogP contribution in [0.2, 0.25) is 0 Å². The Bertz CT molecular complexity index is 551. The summed E-state index contributed by atoms with van der Waals surface area (Å²) in [6.45, 7) is 1.80. The third-order valence-corrected chi connectivity index (χ3v) is 1.99. The maximum atomic E-state index is 11.0. The van der Waals surface area contributed by atoms with Crippen LogP contribution in [0, 0.1) is 6.92 Å². The topological polar surface area (TPSA) is 108 Å². The number of carbonyl (C=O) groups is 1. The highest BCUT2D eigenvalue weighted by Gasteiger charge is 2.09. The molecule has 0 fully saturated rings. The van der Waals surface area contributed by atoms with Gasteiger partial charge in [0.05, 0.1) is 16.8 Å². The van der Waals surface area contributed by atoms with Crippen LogP contribution in [0.3, 0.4) is 0 Å². The van der Waals surface area contributed by atoms with Crippen molar-refractivity contribution in [1.29, 1.82) is 0 Å². The molecule has 0 aromatic carbocycles. The molecule has 2 aromatic rings. The molecular weight excluding hydrogens is 194 g/mol. The van der Waals surface area contributed by atoms with Gasteiger partial charge in [0.2, 0.25) is 0 Å². The lowest BCUT2D eigenvalue weighted by atomic mass is 10.2. The van der Waals surface area contributed by atoms with E-state index in [1.54, 1.807) is 13.0 Å². The van der Waals surface area contributed by atoms with Gasteiger partial charge in [0.25, 0.3) is 5.91 Å². The maximum Gasteiger partial charge on any atom is 0.252 e. The first kappa shape index (κ1) is 9.32. The zero-order valence-electron chi connectivity index (χ0n) is 8.06. The number of pyridine rings is 1. The van der Waals surface area contributed by atoms with Crippen molar-refractivity contribution in [1.82, 2.24) is 15.2 Å². The van der Waals surface area contributed by atoms with Crippen LogP contribution in [0.1, 0.15) is 16.1 Å². The van der Waals surface area contributed by atoms with Crippen molar-refractivity contribution in [3.05, 3.63) is 23.4 Å². The number of anilines is 1. The third-order valence-electron chi connectivity index (χ3n) is 1.99. The number of rotatable bonds is 1. The summed E-state index contributed by atoms with van der Waals surface area (Å²) in [5.74, 6) is -0.508. The number of nitrogens with zero attached hydrogens (tertiary/aromatic N) is 3. The average molecular weight is 203 g/mol. The molecule has 15 heavy (non-hydrogen) atoms. The number of fused-ring (bicyclic) bond motifs is 1. The molecule has 0 saturated heterocycles. The van der Waals surface area contributed by atoms with Crippen molar-refractivity contribution in [2.45, 2.75) is 6.92 Å². The molecule has 6 nitrogen and oxygen atoms in total. The minimum Gasteiger partial charge on any atom is -0.383 e. The summed E-state index contributed by atoms with van der Waals surface area (Å²) >= 11 is 0. The van der Waals surface area contributed by atoms with Gasteiger partial charge in [-0.25, -0.2) is 4.98 Å². The van der Waals surface area contributed by atoms with Gasteiger partial charge in [0.1, 0.15) is 11.3 Å². The number of nitrogens with two attached hydrogens (primary N) is 2. The number of primary amides is 1. The minimum absolute atomic E-state index is 0.113. The number of hydrogen-bond acceptors (Lipinski definition) is 5. The molecular formula is C9H9N5O. The van der Waals surface area contributed by atoms with Gasteiger partial charge < -0.3 is 11.5 Å². The number of nitrogen functional groups attached to an aromatic ring is 1. The largest absolute Gasteiger partial charge is 0.383 e. The summed E-state index contributed by atoms with van der Waals surface area (Å²) in [6.07, 6.45) is 0. The molecule has 0 spiro atoms. The lowest BCUT2D eigenvalue weighted by molar-refractivity contribution is 0.100. The lowest BCUT2D eigenvalue weighted by Gasteiger charge is -2.02. The van der Waals surface area contributed by atoms with E-state index in [-0.39, 0.29) is 11.4 Å². The van der Waals surface area contributed by atoms with Gasteiger partial charge in [-0.15, -0.1) is 5.10 Å². The highest BCUT2D eigenvalue weighted by molar-refractivity contribution is 6.00. The second-order valence-corrected chi connectivity index (χ2v) is 3.18. The first-order valence-corrected chi connectivity index (χ1v) is 4.28. The van der Waals surface area contributed by atoms with Gasteiger partial charge in [-0.1, -0.05) is 0 Å². The van der Waals surface area contributed by atoms with Gasteiger partial charge in [0.15, 0.2) is 0 Å². The molecule has 2 heterocycles. The highest BCUT2D eigenvalue weighted by atomic mass is 16.1. The Kier molecular flexibility index (Phi) is 1.96. The molecule has 0 saturated carbocycles. The van der Waals surface area contributed by atoms with Crippen molar-refractivity contribution in [2.24, 2.45) is 5.73 Å². The van der Waals surface area contributed by atoms with Gasteiger partial charge in [-0.05, 0) is 19.1 Å². The van der Waals surface area contributed by atoms with E-state index in [1.165, 1.54) is 6.07 Å². The first-order valence-electron chi connectivity index (χ1n) is 4.28. The van der Waals surface area contributed by atoms with Crippen LogP contribution in [0.15, 0.2) is 12.1 Å². The second kappa shape index (κ2) is 3.16. The standard InChI is InChI=1S/C9H9N5O/c1-4-2-6-7(14-13-4)3-5(9(11)15)8(10)12-6/h2-3H,1H3,(H2,10,12)(H2,11,15). The Morgan fingerprint density at radius 2 is 2.00 bits per heavy atom. The van der Waals surface area contributed by atoms with Crippen LogP contribution < -0.4 is 11.5 Å². The van der Waals surface area contributed by atoms with Gasteiger partial charge in [-0.3, -0.25) is 4.79 Å². The summed E-state index contributed by atoms with van der Waals surface area (Å²) in [6, 6.07) is 3.23. The molecule has 0 aliphatic carbocycles. The zero-order chi connectivity index (χ0) is 11.0. The Hall–Kier alpha value is -2.24. The van der Waals surface area contributed by atoms with E-state index in [0.717, 1.165) is 5.69 Å². The molecule has 0 aliphatic rings. The smallest absolute Gasteiger partial charge is 0.252 e. The van der Waals surface area contributed by atoms with E-state index < -0.39 is 5.91 Å². The number of aryl methyl sites for hydroxylation is 1. The average Bonchev–Trinajstić information content (AvgIpc) is 2.15. The van der Waals surface area contributed by atoms with Crippen molar-refractivity contribution >= 4 is 22.8 Å². The van der Waals surface area contributed by atoms with E-state index in [0.29, 0.717) is 11.0 Å². The molecule has 0 aliphatic heterocycles. The molecule has 4 N–H and O–H groups in total. The van der Waals surface area contributed by atoms with Gasteiger partial charge in [-0.2, -0.15) is 5.10 Å². The molecule has 0 bridgehead atoms. The fourth-order valence-corrected chi connectivity index (χ4v) is 1.28. The molecule has 1 amide bonds. The van der Waals surface area contributed by atoms with E-state index >= 15 is 0 Å². The highest BCUT2D eigenvalue weighted by Crippen LogP contribution is 2.15. The number of amides is 1. The molecule has 0 atom stereocenters. The number of aromatic nitrogens is 3. The van der Waals surface area contributed by atoms with Gasteiger partial charge >= 0.3 is 0 Å². The molecule has 76 valence electrons. The quantitative estimate of drug-likeness (QED) is 0.678. The zero-order valence-corrected chi connectivity index (χ0v) is 8.06. The summed E-state index contributed by atoms with van der Waals surface area (Å²) in [7, 11) is 0. The predicted octanol–water partition coefficient (Wildman–Crippen LogP) is 0.0143. The predicted molar refractivity (Wildman–Crippen MR) is 55.0 cm³/mol. The fraction of sp³-hybridized carbons (Fsp3) is 0.111. The Morgan fingerprint density at radius 1 is 1.27 bits per heavy atom. The van der Waals surface area contributed by atoms with Crippen LogP contribution in [0.5, 0.6) is 0 Å². The van der Waals surface area contributed by atoms with Crippen molar-refractivity contribution in [3.63, 3.8) is 0 Å². The van der Waals surface area contributed by atoms with Crippen LogP contribution in [-0.4, -0.2) is 21.1 Å². The SMILES string of the molecule is Cc1cc2nc(N)c(C(N)=O)cc2nn1. The Morgan fingerprint density at radius 3 is 2.67 bits per heavy atom. The third kappa shape index (κ3) is 1.56. The maximum absolute atomic E-state index is 11.0. The van der Waals surface area contributed by atoms with Crippen LogP contribution in [0.25, 0.3) is 11.0 Å². The normalized spacial score (nSPS) is 10.5. The number of carbonyl (C=O) groups excluding carboxylic acids is 1. The van der Waals surface area contributed by atoms with E-state index in [4.69, 9.17) is 11.5 Å². The molecule has 2 aromatic heterocycles. The molecule has 2 rings (SSSR count). The lowest BCUT2D eigenvalue weighted by Crippen LogP contribution is -2.14. The minimum atomic E-state index is -0.621. The summed E-state index contributed by atoms with van der Waals surface area (Å²) in [4.78, 5) is 15.0.